The van der Waals surface area contributed by atoms with E-state index < -0.39 is 11.7 Å². The van der Waals surface area contributed by atoms with Crippen molar-refractivity contribution in [3.63, 3.8) is 0 Å². The molecule has 3 nitrogen and oxygen atoms in total. The van der Waals surface area contributed by atoms with Crippen LogP contribution in [0.2, 0.25) is 0 Å². The number of hydrogen-bond acceptors (Lipinski definition) is 3. The lowest BCUT2D eigenvalue weighted by molar-refractivity contribution is -0.136. The molecule has 6 heteroatoms. The van der Waals surface area contributed by atoms with Crippen LogP contribution in [0, 0.1) is 12.3 Å². The Morgan fingerprint density at radius 3 is 2.60 bits per heavy atom. The summed E-state index contributed by atoms with van der Waals surface area (Å²) in [6, 6.07) is 12.2. The first-order chi connectivity index (χ1) is 11.9. The van der Waals surface area contributed by atoms with E-state index in [0.717, 1.165) is 6.07 Å². The molecule has 0 amide bonds. The molecule has 0 aliphatic rings. The lowest BCUT2D eigenvalue weighted by atomic mass is 10.1. The molecule has 3 rings (SSSR count). The maximum Gasteiger partial charge on any atom is 0.417 e. The highest BCUT2D eigenvalue weighted by Crippen LogP contribution is 2.37. The third kappa shape index (κ3) is 3.50. The highest BCUT2D eigenvalue weighted by Gasteiger charge is 2.33. The van der Waals surface area contributed by atoms with Crippen molar-refractivity contribution in [2.75, 3.05) is 12.4 Å². The van der Waals surface area contributed by atoms with Crippen molar-refractivity contribution >= 4 is 22.4 Å². The largest absolute Gasteiger partial charge is 0.497 e. The Morgan fingerprint density at radius 1 is 1.12 bits per heavy atom. The second-order valence-electron chi connectivity index (χ2n) is 5.29. The van der Waals surface area contributed by atoms with Crippen LogP contribution < -0.4 is 10.1 Å². The van der Waals surface area contributed by atoms with Crippen molar-refractivity contribution in [3.05, 3.63) is 59.7 Å². The van der Waals surface area contributed by atoms with Gasteiger partial charge in [0.05, 0.1) is 18.2 Å². The summed E-state index contributed by atoms with van der Waals surface area (Å²) >= 11 is 0. The molecular formula is C19H13F3N2O. The number of hydrogen-bond donors (Lipinski definition) is 1. The van der Waals surface area contributed by atoms with Gasteiger partial charge in [0.1, 0.15) is 11.6 Å². The third-order valence-corrected chi connectivity index (χ3v) is 3.62. The first-order valence-corrected chi connectivity index (χ1v) is 7.30. The summed E-state index contributed by atoms with van der Waals surface area (Å²) in [7, 11) is 1.40. The Bertz CT molecular complexity index is 975. The van der Waals surface area contributed by atoms with Gasteiger partial charge in [0.15, 0.2) is 0 Å². The SMILES string of the molecule is C#Cc1cccc(Nc2cc(C(F)(F)F)c3cc(OC)ccc3n2)c1. The summed E-state index contributed by atoms with van der Waals surface area (Å²) < 4.78 is 45.4. The number of anilines is 2. The number of methoxy groups -OCH3 is 1. The second-order valence-corrected chi connectivity index (χ2v) is 5.29. The quantitative estimate of drug-likeness (QED) is 0.681. The Morgan fingerprint density at radius 2 is 1.92 bits per heavy atom. The highest BCUT2D eigenvalue weighted by atomic mass is 19.4. The first kappa shape index (κ1) is 16.7. The maximum atomic E-state index is 13.5. The molecule has 1 N–H and O–H groups in total. The van der Waals surface area contributed by atoms with Crippen molar-refractivity contribution in [3.8, 4) is 18.1 Å². The monoisotopic (exact) mass is 342 g/mol. The molecule has 0 unspecified atom stereocenters. The van der Waals surface area contributed by atoms with Crippen molar-refractivity contribution in [1.29, 1.82) is 0 Å². The van der Waals surface area contributed by atoms with E-state index in [1.807, 2.05) is 0 Å². The van der Waals surface area contributed by atoms with Gasteiger partial charge in [-0.1, -0.05) is 12.0 Å². The zero-order valence-electron chi connectivity index (χ0n) is 13.2. The summed E-state index contributed by atoms with van der Waals surface area (Å²) in [6.45, 7) is 0. The molecule has 126 valence electrons. The van der Waals surface area contributed by atoms with E-state index >= 15 is 0 Å². The Balaban J connectivity index is 2.12. The van der Waals surface area contributed by atoms with Crippen molar-refractivity contribution < 1.29 is 17.9 Å². The van der Waals surface area contributed by atoms with Gasteiger partial charge < -0.3 is 10.1 Å². The molecule has 0 saturated carbocycles. The Kier molecular flexibility index (Phi) is 4.24. The number of halogens is 3. The van der Waals surface area contributed by atoms with Crippen molar-refractivity contribution in [2.45, 2.75) is 6.18 Å². The molecule has 0 aliphatic heterocycles. The summed E-state index contributed by atoms with van der Waals surface area (Å²) in [6.07, 6.45) is 0.818. The number of alkyl halides is 3. The van der Waals surface area contributed by atoms with Crippen LogP contribution in [-0.2, 0) is 6.18 Å². The zero-order valence-corrected chi connectivity index (χ0v) is 13.2. The number of benzene rings is 2. The standard InChI is InChI=1S/C19H13F3N2O/c1-3-12-5-4-6-13(9-12)23-18-11-16(19(20,21)22)15-10-14(25-2)7-8-17(15)24-18/h1,4-11H,2H3,(H,23,24). The Labute approximate surface area is 142 Å². The van der Waals surface area contributed by atoms with Gasteiger partial charge in [-0.15, -0.1) is 6.42 Å². The van der Waals surface area contributed by atoms with Gasteiger partial charge in [-0.3, -0.25) is 0 Å². The number of fused-ring (bicyclic) bond motifs is 1. The number of aromatic nitrogens is 1. The molecule has 1 heterocycles. The molecule has 3 aromatic rings. The van der Waals surface area contributed by atoms with Crippen LogP contribution in [0.25, 0.3) is 10.9 Å². The molecule has 0 aliphatic carbocycles. The number of terminal acetylenes is 1. The van der Waals surface area contributed by atoms with Crippen LogP contribution in [0.1, 0.15) is 11.1 Å². The molecule has 0 spiro atoms. The number of rotatable bonds is 3. The van der Waals surface area contributed by atoms with E-state index in [9.17, 15) is 13.2 Å². The Hall–Kier alpha value is -3.20. The molecule has 0 fully saturated rings. The fourth-order valence-electron chi connectivity index (χ4n) is 2.47. The minimum atomic E-state index is -4.52. The van der Waals surface area contributed by atoms with Crippen molar-refractivity contribution in [1.82, 2.24) is 4.98 Å². The molecule has 0 bridgehead atoms. The van der Waals surface area contributed by atoms with Gasteiger partial charge in [-0.2, -0.15) is 13.2 Å². The lowest BCUT2D eigenvalue weighted by Crippen LogP contribution is -2.08. The number of ether oxygens (including phenoxy) is 1. The van der Waals surface area contributed by atoms with E-state index in [2.05, 4.69) is 16.2 Å². The normalized spacial score (nSPS) is 11.2. The fraction of sp³-hybridized carbons (Fsp3) is 0.105. The molecule has 0 saturated heterocycles. The number of nitrogens with one attached hydrogen (secondary N) is 1. The molecule has 25 heavy (non-hydrogen) atoms. The van der Waals surface area contributed by atoms with Gasteiger partial charge in [0.2, 0.25) is 0 Å². The van der Waals surface area contributed by atoms with Gasteiger partial charge in [0, 0.05) is 16.6 Å². The van der Waals surface area contributed by atoms with Crippen LogP contribution in [0.3, 0.4) is 0 Å². The molecular weight excluding hydrogens is 329 g/mol. The molecule has 2 aromatic carbocycles. The van der Waals surface area contributed by atoms with Crippen molar-refractivity contribution in [2.24, 2.45) is 0 Å². The van der Waals surface area contributed by atoms with E-state index in [1.165, 1.54) is 19.2 Å². The maximum absolute atomic E-state index is 13.5. The fourth-order valence-corrected chi connectivity index (χ4v) is 2.47. The minimum absolute atomic E-state index is 0.0187. The van der Waals surface area contributed by atoms with E-state index in [1.54, 1.807) is 30.3 Å². The van der Waals surface area contributed by atoms with Gasteiger partial charge in [0.25, 0.3) is 0 Å². The number of nitrogens with zero attached hydrogens (tertiary/aromatic N) is 1. The third-order valence-electron chi connectivity index (χ3n) is 3.62. The van der Waals surface area contributed by atoms with Gasteiger partial charge in [-0.25, -0.2) is 4.98 Å². The van der Waals surface area contributed by atoms with Crippen LogP contribution in [0.4, 0.5) is 24.7 Å². The topological polar surface area (TPSA) is 34.1 Å². The summed E-state index contributed by atoms with van der Waals surface area (Å²) in [5.41, 5.74) is 0.605. The second kappa shape index (κ2) is 6.36. The van der Waals surface area contributed by atoms with E-state index in [0.29, 0.717) is 17.0 Å². The van der Waals surface area contributed by atoms with Crippen LogP contribution in [0.5, 0.6) is 5.75 Å². The van der Waals surface area contributed by atoms with Crippen LogP contribution in [-0.4, -0.2) is 12.1 Å². The highest BCUT2D eigenvalue weighted by molar-refractivity contribution is 5.86. The summed E-state index contributed by atoms with van der Waals surface area (Å²) in [5.74, 6) is 2.89. The van der Waals surface area contributed by atoms with Gasteiger partial charge >= 0.3 is 6.18 Å². The first-order valence-electron chi connectivity index (χ1n) is 7.30. The molecule has 0 radical (unpaired) electrons. The van der Waals surface area contributed by atoms with Crippen LogP contribution >= 0.6 is 0 Å². The lowest BCUT2D eigenvalue weighted by Gasteiger charge is -2.14. The van der Waals surface area contributed by atoms with Crippen LogP contribution in [0.15, 0.2) is 48.5 Å². The summed E-state index contributed by atoms with van der Waals surface area (Å²) in [4.78, 5) is 4.26. The average molecular weight is 342 g/mol. The predicted molar refractivity (Wildman–Crippen MR) is 91.0 cm³/mol. The molecule has 1 aromatic heterocycles. The smallest absolute Gasteiger partial charge is 0.417 e. The zero-order chi connectivity index (χ0) is 18.0. The predicted octanol–water partition coefficient (Wildman–Crippen LogP) is 4.99. The molecule has 0 atom stereocenters. The number of pyridine rings is 1. The van der Waals surface area contributed by atoms with E-state index in [-0.39, 0.29) is 16.7 Å². The summed E-state index contributed by atoms with van der Waals surface area (Å²) in [5, 5.41) is 2.86. The average Bonchev–Trinajstić information content (AvgIpc) is 2.60. The van der Waals surface area contributed by atoms with E-state index in [4.69, 9.17) is 11.2 Å². The van der Waals surface area contributed by atoms with Gasteiger partial charge in [-0.05, 0) is 42.5 Å². The minimum Gasteiger partial charge on any atom is -0.497 e.